The van der Waals surface area contributed by atoms with E-state index >= 15 is 0 Å². The number of hydrogen-bond donors (Lipinski definition) is 2. The maximum atomic E-state index is 12.5. The van der Waals surface area contributed by atoms with Gasteiger partial charge in [0.2, 0.25) is 5.91 Å². The molecule has 1 aromatic heterocycles. The SMILES string of the molecule is C[C@@H](NC(=O)C1(CN)CCCCC1)c1cccs1. The first-order valence-electron chi connectivity index (χ1n) is 6.72. The summed E-state index contributed by atoms with van der Waals surface area (Å²) in [5, 5.41) is 5.17. The molecule has 1 saturated carbocycles. The quantitative estimate of drug-likeness (QED) is 0.880. The van der Waals surface area contributed by atoms with Gasteiger partial charge in [0.05, 0.1) is 11.5 Å². The van der Waals surface area contributed by atoms with Crippen molar-refractivity contribution in [2.24, 2.45) is 11.1 Å². The Labute approximate surface area is 113 Å². The minimum absolute atomic E-state index is 0.0860. The summed E-state index contributed by atoms with van der Waals surface area (Å²) in [6.45, 7) is 2.51. The molecule has 3 nitrogen and oxygen atoms in total. The molecule has 1 aliphatic rings. The fourth-order valence-electron chi connectivity index (χ4n) is 2.71. The number of hydrogen-bond acceptors (Lipinski definition) is 3. The Morgan fingerprint density at radius 2 is 2.22 bits per heavy atom. The summed E-state index contributed by atoms with van der Waals surface area (Å²) in [6.07, 6.45) is 5.35. The van der Waals surface area contributed by atoms with Gasteiger partial charge >= 0.3 is 0 Å². The summed E-state index contributed by atoms with van der Waals surface area (Å²) in [7, 11) is 0. The van der Waals surface area contributed by atoms with E-state index in [0.29, 0.717) is 6.54 Å². The minimum Gasteiger partial charge on any atom is -0.348 e. The molecule has 0 spiro atoms. The lowest BCUT2D eigenvalue weighted by molar-refractivity contribution is -0.133. The van der Waals surface area contributed by atoms with Gasteiger partial charge in [-0.25, -0.2) is 0 Å². The lowest BCUT2D eigenvalue weighted by Gasteiger charge is -2.35. The van der Waals surface area contributed by atoms with Crippen LogP contribution in [0.5, 0.6) is 0 Å². The van der Waals surface area contributed by atoms with E-state index in [1.165, 1.54) is 11.3 Å². The third kappa shape index (κ3) is 2.75. The second-order valence-corrected chi connectivity index (χ2v) is 6.23. The van der Waals surface area contributed by atoms with Gasteiger partial charge in [0.1, 0.15) is 0 Å². The normalized spacial score (nSPS) is 20.3. The lowest BCUT2D eigenvalue weighted by atomic mass is 9.73. The maximum absolute atomic E-state index is 12.5. The van der Waals surface area contributed by atoms with Crippen LogP contribution in [0.4, 0.5) is 0 Å². The monoisotopic (exact) mass is 266 g/mol. The van der Waals surface area contributed by atoms with Gasteiger partial charge in [-0.2, -0.15) is 0 Å². The molecular weight excluding hydrogens is 244 g/mol. The number of nitrogens with one attached hydrogen (secondary N) is 1. The van der Waals surface area contributed by atoms with Crippen LogP contribution in [-0.2, 0) is 4.79 Å². The molecule has 0 unspecified atom stereocenters. The largest absolute Gasteiger partial charge is 0.348 e. The maximum Gasteiger partial charge on any atom is 0.227 e. The van der Waals surface area contributed by atoms with Crippen molar-refractivity contribution in [2.75, 3.05) is 6.54 Å². The van der Waals surface area contributed by atoms with Gasteiger partial charge in [-0.1, -0.05) is 25.3 Å². The van der Waals surface area contributed by atoms with E-state index in [4.69, 9.17) is 5.73 Å². The van der Waals surface area contributed by atoms with E-state index < -0.39 is 0 Å². The first kappa shape index (κ1) is 13.6. The molecule has 3 N–H and O–H groups in total. The summed E-state index contributed by atoms with van der Waals surface area (Å²) in [5.41, 5.74) is 5.56. The van der Waals surface area contributed by atoms with Crippen molar-refractivity contribution in [3.63, 3.8) is 0 Å². The summed E-state index contributed by atoms with van der Waals surface area (Å²) in [6, 6.07) is 4.16. The number of rotatable bonds is 4. The highest BCUT2D eigenvalue weighted by molar-refractivity contribution is 7.10. The van der Waals surface area contributed by atoms with Gasteiger partial charge in [-0.15, -0.1) is 11.3 Å². The van der Waals surface area contributed by atoms with E-state index in [2.05, 4.69) is 11.4 Å². The highest BCUT2D eigenvalue weighted by Gasteiger charge is 2.38. The first-order chi connectivity index (χ1) is 8.68. The van der Waals surface area contributed by atoms with Crippen LogP contribution in [0.3, 0.4) is 0 Å². The topological polar surface area (TPSA) is 55.1 Å². The Bertz CT molecular complexity index is 383. The van der Waals surface area contributed by atoms with Gasteiger partial charge in [0, 0.05) is 11.4 Å². The predicted octanol–water partition coefficient (Wildman–Crippen LogP) is 2.83. The second-order valence-electron chi connectivity index (χ2n) is 5.26. The van der Waals surface area contributed by atoms with Crippen molar-refractivity contribution < 1.29 is 4.79 Å². The number of carbonyl (C=O) groups is 1. The van der Waals surface area contributed by atoms with Gasteiger partial charge < -0.3 is 11.1 Å². The summed E-state index contributed by atoms with van der Waals surface area (Å²) < 4.78 is 0. The molecule has 1 amide bonds. The van der Waals surface area contributed by atoms with Crippen molar-refractivity contribution in [1.82, 2.24) is 5.32 Å². The number of carbonyl (C=O) groups excluding carboxylic acids is 1. The molecule has 1 aromatic rings. The van der Waals surface area contributed by atoms with E-state index in [-0.39, 0.29) is 17.4 Å². The van der Waals surface area contributed by atoms with Crippen molar-refractivity contribution >= 4 is 17.2 Å². The molecule has 1 atom stereocenters. The zero-order valence-electron chi connectivity index (χ0n) is 10.9. The summed E-state index contributed by atoms with van der Waals surface area (Å²) in [4.78, 5) is 13.7. The highest BCUT2D eigenvalue weighted by Crippen LogP contribution is 2.36. The zero-order valence-corrected chi connectivity index (χ0v) is 11.8. The third-order valence-electron chi connectivity index (χ3n) is 4.00. The minimum atomic E-state index is -0.316. The molecule has 18 heavy (non-hydrogen) atoms. The smallest absolute Gasteiger partial charge is 0.227 e. The molecule has 0 saturated heterocycles. The van der Waals surface area contributed by atoms with Crippen molar-refractivity contribution in [1.29, 1.82) is 0 Å². The first-order valence-corrected chi connectivity index (χ1v) is 7.60. The molecule has 1 heterocycles. The van der Waals surface area contributed by atoms with E-state index in [9.17, 15) is 4.79 Å². The molecule has 2 rings (SSSR count). The Kier molecular flexibility index (Phi) is 4.40. The van der Waals surface area contributed by atoms with Crippen LogP contribution in [0.2, 0.25) is 0 Å². The van der Waals surface area contributed by atoms with E-state index in [1.54, 1.807) is 11.3 Å². The number of thiophene rings is 1. The highest BCUT2D eigenvalue weighted by atomic mass is 32.1. The van der Waals surface area contributed by atoms with Crippen LogP contribution in [-0.4, -0.2) is 12.5 Å². The summed E-state index contributed by atoms with van der Waals surface area (Å²) in [5.74, 6) is 0.144. The van der Waals surface area contributed by atoms with Crippen LogP contribution in [0.1, 0.15) is 49.9 Å². The van der Waals surface area contributed by atoms with Gasteiger partial charge in [-0.05, 0) is 31.2 Å². The molecule has 0 aliphatic heterocycles. The fraction of sp³-hybridized carbons (Fsp3) is 0.643. The average molecular weight is 266 g/mol. The zero-order chi connectivity index (χ0) is 13.0. The van der Waals surface area contributed by atoms with Crippen molar-refractivity contribution in [3.05, 3.63) is 22.4 Å². The summed E-state index contributed by atoms with van der Waals surface area (Å²) >= 11 is 1.68. The molecule has 1 fully saturated rings. The molecule has 0 aromatic carbocycles. The Morgan fingerprint density at radius 1 is 1.50 bits per heavy atom. The van der Waals surface area contributed by atoms with Crippen LogP contribution < -0.4 is 11.1 Å². The number of amides is 1. The van der Waals surface area contributed by atoms with E-state index in [0.717, 1.165) is 25.7 Å². The fourth-order valence-corrected chi connectivity index (χ4v) is 3.45. The Hall–Kier alpha value is -0.870. The van der Waals surface area contributed by atoms with Crippen LogP contribution in [0.25, 0.3) is 0 Å². The number of nitrogens with two attached hydrogens (primary N) is 1. The lowest BCUT2D eigenvalue weighted by Crippen LogP contribution is -2.47. The van der Waals surface area contributed by atoms with Crippen molar-refractivity contribution in [3.8, 4) is 0 Å². The molecule has 0 radical (unpaired) electrons. The van der Waals surface area contributed by atoms with E-state index in [1.807, 2.05) is 18.4 Å². The molecule has 0 bridgehead atoms. The van der Waals surface area contributed by atoms with Gasteiger partial charge in [-0.3, -0.25) is 4.79 Å². The molecule has 1 aliphatic carbocycles. The van der Waals surface area contributed by atoms with Crippen molar-refractivity contribution in [2.45, 2.75) is 45.1 Å². The standard InChI is InChI=1S/C14H22N2OS/c1-11(12-6-5-9-18-12)16-13(17)14(10-15)7-3-2-4-8-14/h5-6,9,11H,2-4,7-8,10,15H2,1H3,(H,16,17)/t11-/m1/s1. The molecule has 100 valence electrons. The average Bonchev–Trinajstić information content (AvgIpc) is 2.93. The predicted molar refractivity (Wildman–Crippen MR) is 75.4 cm³/mol. The molecular formula is C14H22N2OS. The molecule has 4 heteroatoms. The van der Waals surface area contributed by atoms with Crippen LogP contribution in [0.15, 0.2) is 17.5 Å². The van der Waals surface area contributed by atoms with Crippen LogP contribution >= 0.6 is 11.3 Å². The van der Waals surface area contributed by atoms with Crippen LogP contribution in [0, 0.1) is 5.41 Å². The Morgan fingerprint density at radius 3 is 2.78 bits per heavy atom. The third-order valence-corrected chi connectivity index (χ3v) is 5.06. The van der Waals surface area contributed by atoms with Gasteiger partial charge in [0.15, 0.2) is 0 Å². The Balaban J connectivity index is 2.01. The second kappa shape index (κ2) is 5.85. The van der Waals surface area contributed by atoms with Gasteiger partial charge in [0.25, 0.3) is 0 Å².